The Hall–Kier alpha value is -3.43. The van der Waals surface area contributed by atoms with E-state index in [9.17, 15) is 22.8 Å². The van der Waals surface area contributed by atoms with E-state index in [1.165, 1.54) is 0 Å². The summed E-state index contributed by atoms with van der Waals surface area (Å²) < 4.78 is 99.4. The summed E-state index contributed by atoms with van der Waals surface area (Å²) in [5.41, 5.74) is -0.549. The number of hydrogen-bond acceptors (Lipinski definition) is 8. The number of fused-ring (bicyclic) bond motifs is 1. The van der Waals surface area contributed by atoms with E-state index in [2.05, 4.69) is 5.32 Å². The Balaban J connectivity index is 1.40. The van der Waals surface area contributed by atoms with Crippen molar-refractivity contribution in [1.29, 1.82) is 0 Å². The third-order valence-electron chi connectivity index (χ3n) is 9.02. The predicted molar refractivity (Wildman–Crippen MR) is 157 cm³/mol. The number of anilines is 1. The van der Waals surface area contributed by atoms with Gasteiger partial charge in [-0.1, -0.05) is 12.1 Å². The van der Waals surface area contributed by atoms with Crippen LogP contribution in [0.5, 0.6) is 5.75 Å². The molecule has 2 aromatic rings. The molecule has 250 valence electrons. The number of nitrogens with zero attached hydrogens (tertiary/aromatic N) is 1. The standard InChI is InChI=1S/C31H36BF5N2O7/c1-29(2)30(3,4)46-32(45-29)20-9-8-17(19-7-6-11-44-26(19)20)13-23(28(41)42-5)38-27(40)25-21(33)14-18(15-22(25)34)39-10-12-43-16-24(39)31(35,36)37/h8-9,14-15,23-24H,6-7,10-13,16H2,1-5H3,(H,38,40)/t23-,24+/m0/s1. The summed E-state index contributed by atoms with van der Waals surface area (Å²) in [6.07, 6.45) is -3.55. The van der Waals surface area contributed by atoms with E-state index in [0.29, 0.717) is 48.4 Å². The summed E-state index contributed by atoms with van der Waals surface area (Å²) in [4.78, 5) is 26.8. The molecule has 9 nitrogen and oxygen atoms in total. The molecule has 3 aliphatic heterocycles. The zero-order chi connectivity index (χ0) is 33.6. The van der Waals surface area contributed by atoms with Crippen molar-refractivity contribution in [2.75, 3.05) is 38.4 Å². The van der Waals surface area contributed by atoms with Crippen LogP contribution < -0.4 is 20.4 Å². The largest absolute Gasteiger partial charge is 0.498 e. The summed E-state index contributed by atoms with van der Waals surface area (Å²) in [5, 5.41) is 2.35. The molecule has 3 heterocycles. The van der Waals surface area contributed by atoms with E-state index >= 15 is 8.78 Å². The molecule has 2 saturated heterocycles. The number of amides is 1. The Morgan fingerprint density at radius 3 is 2.35 bits per heavy atom. The summed E-state index contributed by atoms with van der Waals surface area (Å²) >= 11 is 0. The SMILES string of the molecule is COC(=O)[C@H](Cc1ccc(B2OC(C)(C)C(C)(C)O2)c2c1CCCO2)NC(=O)c1c(F)cc(N2CCOC[C@@H]2C(F)(F)F)cc1F. The summed E-state index contributed by atoms with van der Waals surface area (Å²) in [5.74, 6) is -4.37. The van der Waals surface area contributed by atoms with Crippen LogP contribution in [-0.2, 0) is 36.4 Å². The molecule has 3 aliphatic rings. The van der Waals surface area contributed by atoms with Gasteiger partial charge in [0.2, 0.25) is 0 Å². The first-order valence-corrected chi connectivity index (χ1v) is 15.0. The predicted octanol–water partition coefficient (Wildman–Crippen LogP) is 3.87. The quantitative estimate of drug-likeness (QED) is 0.274. The minimum absolute atomic E-state index is 0.0781. The number of methoxy groups -OCH3 is 1. The maximum atomic E-state index is 15.2. The molecular formula is C31H36BF5N2O7. The van der Waals surface area contributed by atoms with Crippen LogP contribution in [0.25, 0.3) is 0 Å². The van der Waals surface area contributed by atoms with Gasteiger partial charge in [-0.3, -0.25) is 4.79 Å². The highest BCUT2D eigenvalue weighted by Gasteiger charge is 2.53. The third-order valence-corrected chi connectivity index (χ3v) is 9.02. The number of ether oxygens (including phenoxy) is 3. The first kappa shape index (κ1) is 33.9. The van der Waals surface area contributed by atoms with Crippen molar-refractivity contribution in [2.24, 2.45) is 0 Å². The van der Waals surface area contributed by atoms with Gasteiger partial charge in [0.05, 0.1) is 38.1 Å². The van der Waals surface area contributed by atoms with E-state index in [-0.39, 0.29) is 19.6 Å². The molecule has 0 unspecified atom stereocenters. The number of nitrogens with one attached hydrogen (secondary N) is 1. The maximum absolute atomic E-state index is 15.2. The maximum Gasteiger partial charge on any atom is 0.498 e. The number of esters is 1. The first-order valence-electron chi connectivity index (χ1n) is 15.0. The lowest BCUT2D eigenvalue weighted by atomic mass is 9.75. The number of carbonyl (C=O) groups excluding carboxylic acids is 2. The van der Waals surface area contributed by atoms with Gasteiger partial charge >= 0.3 is 19.3 Å². The fraction of sp³-hybridized carbons (Fsp3) is 0.548. The van der Waals surface area contributed by atoms with Crippen LogP contribution in [0.15, 0.2) is 24.3 Å². The lowest BCUT2D eigenvalue weighted by Crippen LogP contribution is -2.53. The van der Waals surface area contributed by atoms with Crippen molar-refractivity contribution in [3.63, 3.8) is 0 Å². The molecule has 0 spiro atoms. The summed E-state index contributed by atoms with van der Waals surface area (Å²) in [6.45, 7) is 7.12. The minimum Gasteiger partial charge on any atom is -0.494 e. The Labute approximate surface area is 263 Å². The molecule has 0 bridgehead atoms. The van der Waals surface area contributed by atoms with E-state index < -0.39 is 77.9 Å². The third kappa shape index (κ3) is 6.54. The van der Waals surface area contributed by atoms with Gasteiger partial charge in [0.15, 0.2) is 0 Å². The number of carbonyl (C=O) groups is 2. The van der Waals surface area contributed by atoms with Gasteiger partial charge in [0, 0.05) is 24.1 Å². The van der Waals surface area contributed by atoms with Crippen LogP contribution in [0.1, 0.15) is 55.6 Å². The molecule has 0 saturated carbocycles. The Morgan fingerprint density at radius 2 is 1.74 bits per heavy atom. The molecule has 46 heavy (non-hydrogen) atoms. The van der Waals surface area contributed by atoms with Crippen LogP contribution in [-0.4, -0.2) is 81.9 Å². The number of alkyl halides is 3. The van der Waals surface area contributed by atoms with Gasteiger partial charge in [0.1, 0.15) is 35.0 Å². The van der Waals surface area contributed by atoms with E-state index in [1.807, 2.05) is 27.7 Å². The summed E-state index contributed by atoms with van der Waals surface area (Å²) in [7, 11) is 0.399. The van der Waals surface area contributed by atoms with Crippen LogP contribution in [0.4, 0.5) is 27.6 Å². The molecule has 0 aromatic heterocycles. The molecule has 0 aliphatic carbocycles. The average Bonchev–Trinajstić information content (AvgIpc) is 3.21. The molecule has 15 heteroatoms. The highest BCUT2D eigenvalue weighted by Crippen LogP contribution is 2.39. The van der Waals surface area contributed by atoms with Crippen LogP contribution in [0.2, 0.25) is 0 Å². The fourth-order valence-corrected chi connectivity index (χ4v) is 5.81. The van der Waals surface area contributed by atoms with Crippen molar-refractivity contribution < 1.29 is 55.1 Å². The number of halogens is 5. The second-order valence-electron chi connectivity index (χ2n) is 12.5. The number of hydrogen-bond donors (Lipinski definition) is 1. The monoisotopic (exact) mass is 654 g/mol. The lowest BCUT2D eigenvalue weighted by molar-refractivity contribution is -0.167. The minimum atomic E-state index is -4.72. The number of benzene rings is 2. The second kappa shape index (κ2) is 12.6. The molecule has 1 amide bonds. The van der Waals surface area contributed by atoms with Gasteiger partial charge in [0.25, 0.3) is 5.91 Å². The first-order chi connectivity index (χ1) is 21.5. The van der Waals surface area contributed by atoms with E-state index in [1.54, 1.807) is 12.1 Å². The van der Waals surface area contributed by atoms with Crippen molar-refractivity contribution >= 4 is 30.1 Å². The lowest BCUT2D eigenvalue weighted by Gasteiger charge is -2.38. The van der Waals surface area contributed by atoms with Gasteiger partial charge in [-0.05, 0) is 63.8 Å². The highest BCUT2D eigenvalue weighted by molar-refractivity contribution is 6.63. The highest BCUT2D eigenvalue weighted by atomic mass is 19.4. The molecule has 2 aromatic carbocycles. The summed E-state index contributed by atoms with van der Waals surface area (Å²) in [6, 6.07) is 1.36. The van der Waals surface area contributed by atoms with Gasteiger partial charge < -0.3 is 33.7 Å². The van der Waals surface area contributed by atoms with Crippen molar-refractivity contribution in [3.8, 4) is 5.75 Å². The van der Waals surface area contributed by atoms with Crippen molar-refractivity contribution in [2.45, 2.75) is 76.4 Å². The molecule has 1 N–H and O–H groups in total. The Morgan fingerprint density at radius 1 is 1.09 bits per heavy atom. The molecular weight excluding hydrogens is 618 g/mol. The molecule has 2 fully saturated rings. The zero-order valence-electron chi connectivity index (χ0n) is 26.2. The smallest absolute Gasteiger partial charge is 0.494 e. The van der Waals surface area contributed by atoms with Crippen molar-refractivity contribution in [1.82, 2.24) is 5.32 Å². The van der Waals surface area contributed by atoms with Gasteiger partial charge in [-0.15, -0.1) is 0 Å². The van der Waals surface area contributed by atoms with Crippen LogP contribution in [0, 0.1) is 11.6 Å². The topological polar surface area (TPSA) is 95.6 Å². The van der Waals surface area contributed by atoms with Gasteiger partial charge in [-0.25, -0.2) is 13.6 Å². The average molecular weight is 654 g/mol. The zero-order valence-corrected chi connectivity index (χ0v) is 26.2. The van der Waals surface area contributed by atoms with E-state index in [0.717, 1.165) is 17.6 Å². The Bertz CT molecular complexity index is 1460. The molecule has 5 rings (SSSR count). The van der Waals surface area contributed by atoms with E-state index in [4.69, 9.17) is 23.5 Å². The second-order valence-corrected chi connectivity index (χ2v) is 12.5. The van der Waals surface area contributed by atoms with Crippen LogP contribution in [0.3, 0.4) is 0 Å². The van der Waals surface area contributed by atoms with Crippen molar-refractivity contribution in [3.05, 3.63) is 52.6 Å². The van der Waals surface area contributed by atoms with Gasteiger partial charge in [-0.2, -0.15) is 13.2 Å². The normalized spacial score (nSPS) is 21.3. The van der Waals surface area contributed by atoms with Crippen LogP contribution >= 0.6 is 0 Å². The molecule has 0 radical (unpaired) electrons. The Kier molecular flexibility index (Phi) is 9.32. The fourth-order valence-electron chi connectivity index (χ4n) is 5.81. The molecule has 2 atom stereocenters. The number of rotatable bonds is 7. The number of morpholine rings is 1.